The van der Waals surface area contributed by atoms with Gasteiger partial charge in [-0.15, -0.1) is 0 Å². The molecule has 0 spiro atoms. The van der Waals surface area contributed by atoms with Gasteiger partial charge in [0.25, 0.3) is 0 Å². The molecule has 3 nitrogen and oxygen atoms in total. The second-order valence-electron chi connectivity index (χ2n) is 5.80. The Morgan fingerprint density at radius 3 is 2.71 bits per heavy atom. The van der Waals surface area contributed by atoms with Crippen LogP contribution in [0.4, 0.5) is 0 Å². The third kappa shape index (κ3) is 3.21. The molecule has 2 fully saturated rings. The van der Waals surface area contributed by atoms with Crippen LogP contribution in [0.1, 0.15) is 40.0 Å². The van der Waals surface area contributed by atoms with Gasteiger partial charge in [-0.25, -0.2) is 0 Å². The van der Waals surface area contributed by atoms with Gasteiger partial charge in [-0.2, -0.15) is 0 Å². The zero-order valence-corrected chi connectivity index (χ0v) is 11.7. The molecule has 0 radical (unpaired) electrons. The predicted octanol–water partition coefficient (Wildman–Crippen LogP) is 1.88. The van der Waals surface area contributed by atoms with Gasteiger partial charge in [0, 0.05) is 37.8 Å². The highest BCUT2D eigenvalue weighted by molar-refractivity contribution is 5.03. The quantitative estimate of drug-likeness (QED) is 0.717. The Labute approximate surface area is 106 Å². The van der Waals surface area contributed by atoms with Gasteiger partial charge in [-0.05, 0) is 39.0 Å². The van der Waals surface area contributed by atoms with Crippen molar-refractivity contribution >= 4 is 0 Å². The molecule has 0 aromatic heterocycles. The van der Waals surface area contributed by atoms with Crippen molar-refractivity contribution in [3.63, 3.8) is 0 Å². The molecule has 1 saturated heterocycles. The Morgan fingerprint density at radius 1 is 1.35 bits per heavy atom. The van der Waals surface area contributed by atoms with Crippen molar-refractivity contribution in [3.05, 3.63) is 0 Å². The Hall–Kier alpha value is -0.120. The summed E-state index contributed by atoms with van der Waals surface area (Å²) in [6, 6.07) is 0.697. The largest absolute Gasteiger partial charge is 0.380 e. The van der Waals surface area contributed by atoms with E-state index in [4.69, 9.17) is 4.74 Å². The van der Waals surface area contributed by atoms with E-state index < -0.39 is 0 Å². The molecule has 0 aromatic rings. The molecule has 0 bridgehead atoms. The molecule has 1 N–H and O–H groups in total. The van der Waals surface area contributed by atoms with Crippen LogP contribution in [0.3, 0.4) is 0 Å². The van der Waals surface area contributed by atoms with Gasteiger partial charge in [-0.3, -0.25) is 4.90 Å². The molecular weight excluding hydrogens is 212 g/mol. The van der Waals surface area contributed by atoms with E-state index in [1.807, 2.05) is 0 Å². The van der Waals surface area contributed by atoms with Gasteiger partial charge in [0.05, 0.1) is 6.61 Å². The standard InChI is InChI=1S/C14H28N2O/c1-4-13-10-15-14(3,12-6-7-12)11-16(13)8-9-17-5-2/h12-13,15H,4-11H2,1-3H3. The third-order valence-electron chi connectivity index (χ3n) is 4.47. The summed E-state index contributed by atoms with van der Waals surface area (Å²) in [4.78, 5) is 2.64. The number of nitrogens with zero attached hydrogens (tertiary/aromatic N) is 1. The summed E-state index contributed by atoms with van der Waals surface area (Å²) >= 11 is 0. The maximum atomic E-state index is 5.51. The number of nitrogens with one attached hydrogen (secondary N) is 1. The lowest BCUT2D eigenvalue weighted by Gasteiger charge is -2.46. The summed E-state index contributed by atoms with van der Waals surface area (Å²) in [7, 11) is 0. The Balaban J connectivity index is 1.88. The van der Waals surface area contributed by atoms with E-state index in [2.05, 4.69) is 31.0 Å². The van der Waals surface area contributed by atoms with Crippen LogP contribution in [0.5, 0.6) is 0 Å². The van der Waals surface area contributed by atoms with Crippen molar-refractivity contribution in [1.29, 1.82) is 0 Å². The monoisotopic (exact) mass is 240 g/mol. The van der Waals surface area contributed by atoms with Gasteiger partial charge >= 0.3 is 0 Å². The van der Waals surface area contributed by atoms with E-state index in [9.17, 15) is 0 Å². The Kier molecular flexibility index (Phi) is 4.45. The average molecular weight is 240 g/mol. The van der Waals surface area contributed by atoms with Crippen LogP contribution >= 0.6 is 0 Å². The van der Waals surface area contributed by atoms with Gasteiger partial charge in [-0.1, -0.05) is 6.92 Å². The maximum absolute atomic E-state index is 5.51. The molecule has 3 heteroatoms. The first kappa shape index (κ1) is 13.3. The highest BCUT2D eigenvalue weighted by atomic mass is 16.5. The molecule has 100 valence electrons. The summed E-state index contributed by atoms with van der Waals surface area (Å²) in [5.41, 5.74) is 0.359. The molecule has 1 saturated carbocycles. The molecule has 1 heterocycles. The molecule has 2 atom stereocenters. The number of hydrogen-bond acceptors (Lipinski definition) is 3. The van der Waals surface area contributed by atoms with Crippen molar-refractivity contribution in [1.82, 2.24) is 10.2 Å². The zero-order chi connectivity index (χ0) is 12.3. The second-order valence-corrected chi connectivity index (χ2v) is 5.80. The molecule has 0 aromatic carbocycles. The fourth-order valence-corrected chi connectivity index (χ4v) is 3.07. The highest BCUT2D eigenvalue weighted by Crippen LogP contribution is 2.41. The van der Waals surface area contributed by atoms with Gasteiger partial charge in [0.15, 0.2) is 0 Å². The Bertz CT molecular complexity index is 242. The summed E-state index contributed by atoms with van der Waals surface area (Å²) in [5, 5.41) is 3.80. The average Bonchev–Trinajstić information content (AvgIpc) is 3.14. The maximum Gasteiger partial charge on any atom is 0.0593 e. The van der Waals surface area contributed by atoms with Crippen molar-refractivity contribution in [2.24, 2.45) is 5.92 Å². The normalized spacial score (nSPS) is 35.1. The highest BCUT2D eigenvalue weighted by Gasteiger charge is 2.45. The van der Waals surface area contributed by atoms with Crippen LogP contribution in [0, 0.1) is 5.92 Å². The fraction of sp³-hybridized carbons (Fsp3) is 1.00. The molecule has 1 aliphatic heterocycles. The lowest BCUT2D eigenvalue weighted by molar-refractivity contribution is 0.0401. The van der Waals surface area contributed by atoms with E-state index >= 15 is 0 Å². The van der Waals surface area contributed by atoms with Crippen molar-refractivity contribution in [3.8, 4) is 0 Å². The number of rotatable bonds is 6. The van der Waals surface area contributed by atoms with Crippen LogP contribution in [-0.2, 0) is 4.74 Å². The summed E-state index contributed by atoms with van der Waals surface area (Å²) in [6.45, 7) is 11.9. The minimum Gasteiger partial charge on any atom is -0.380 e. The number of ether oxygens (including phenoxy) is 1. The van der Waals surface area contributed by atoms with E-state index in [1.54, 1.807) is 0 Å². The molecule has 17 heavy (non-hydrogen) atoms. The first-order chi connectivity index (χ1) is 8.19. The lowest BCUT2D eigenvalue weighted by atomic mass is 9.90. The van der Waals surface area contributed by atoms with Gasteiger partial charge in [0.2, 0.25) is 0 Å². The summed E-state index contributed by atoms with van der Waals surface area (Å²) in [6.07, 6.45) is 4.07. The second kappa shape index (κ2) is 5.68. The molecule has 2 rings (SSSR count). The van der Waals surface area contributed by atoms with E-state index in [0.717, 1.165) is 32.2 Å². The van der Waals surface area contributed by atoms with E-state index in [0.29, 0.717) is 11.6 Å². The summed E-state index contributed by atoms with van der Waals surface area (Å²) in [5.74, 6) is 0.912. The van der Waals surface area contributed by atoms with Crippen LogP contribution in [0.25, 0.3) is 0 Å². The van der Waals surface area contributed by atoms with Crippen LogP contribution < -0.4 is 5.32 Å². The topological polar surface area (TPSA) is 24.5 Å². The first-order valence-electron chi connectivity index (χ1n) is 7.26. The zero-order valence-electron chi connectivity index (χ0n) is 11.7. The molecular formula is C14H28N2O. The van der Waals surface area contributed by atoms with Crippen LogP contribution in [0.2, 0.25) is 0 Å². The third-order valence-corrected chi connectivity index (χ3v) is 4.47. The van der Waals surface area contributed by atoms with Crippen LogP contribution in [0.15, 0.2) is 0 Å². The lowest BCUT2D eigenvalue weighted by Crippen LogP contribution is -2.64. The fourth-order valence-electron chi connectivity index (χ4n) is 3.07. The SMILES string of the molecule is CCOCCN1CC(C)(C2CC2)NCC1CC. The van der Waals surface area contributed by atoms with Crippen molar-refractivity contribution in [2.45, 2.75) is 51.6 Å². The van der Waals surface area contributed by atoms with Gasteiger partial charge in [0.1, 0.15) is 0 Å². The first-order valence-corrected chi connectivity index (χ1v) is 7.26. The molecule has 1 aliphatic carbocycles. The van der Waals surface area contributed by atoms with Gasteiger partial charge < -0.3 is 10.1 Å². The Morgan fingerprint density at radius 2 is 2.12 bits per heavy atom. The predicted molar refractivity (Wildman–Crippen MR) is 71.3 cm³/mol. The molecule has 0 amide bonds. The summed E-state index contributed by atoms with van der Waals surface area (Å²) < 4.78 is 5.51. The number of hydrogen-bond donors (Lipinski definition) is 1. The molecule has 2 aliphatic rings. The minimum absolute atomic E-state index is 0.359. The number of piperazine rings is 1. The van der Waals surface area contributed by atoms with Crippen molar-refractivity contribution < 1.29 is 4.74 Å². The van der Waals surface area contributed by atoms with E-state index in [-0.39, 0.29) is 0 Å². The smallest absolute Gasteiger partial charge is 0.0593 e. The van der Waals surface area contributed by atoms with Crippen molar-refractivity contribution in [2.75, 3.05) is 32.8 Å². The molecule has 2 unspecified atom stereocenters. The van der Waals surface area contributed by atoms with Crippen LogP contribution in [-0.4, -0.2) is 49.3 Å². The minimum atomic E-state index is 0.359. The van der Waals surface area contributed by atoms with E-state index in [1.165, 1.54) is 25.8 Å².